The van der Waals surface area contributed by atoms with Crippen molar-refractivity contribution in [1.29, 1.82) is 0 Å². The number of rotatable bonds is 4. The lowest BCUT2D eigenvalue weighted by Crippen LogP contribution is -2.14. The van der Waals surface area contributed by atoms with Gasteiger partial charge in [0.05, 0.1) is 18.4 Å². The Kier molecular flexibility index (Phi) is 4.51. The average molecular weight is 337 g/mol. The molecule has 0 spiro atoms. The molecule has 0 fully saturated rings. The molecule has 1 heterocycles. The summed E-state index contributed by atoms with van der Waals surface area (Å²) in [6, 6.07) is 11.9. The van der Waals surface area contributed by atoms with Gasteiger partial charge in [0.1, 0.15) is 6.33 Å². The van der Waals surface area contributed by atoms with Crippen LogP contribution in [0.15, 0.2) is 48.8 Å². The highest BCUT2D eigenvalue weighted by Gasteiger charge is 2.12. The standard InChI is InChI=1S/C17H15N5O3/c1-11-6-7-13(17(24)25-2)9-15(11)19-16(23)12-4-3-5-14(8-12)22-10-18-20-21-22/h3-10H,1-2H3,(H,19,23). The van der Waals surface area contributed by atoms with Gasteiger partial charge in [-0.25, -0.2) is 9.48 Å². The van der Waals surface area contributed by atoms with Gasteiger partial charge in [0.15, 0.2) is 0 Å². The summed E-state index contributed by atoms with van der Waals surface area (Å²) in [6.07, 6.45) is 1.45. The molecule has 8 heteroatoms. The van der Waals surface area contributed by atoms with E-state index in [1.165, 1.54) is 18.1 Å². The Morgan fingerprint density at radius 3 is 2.68 bits per heavy atom. The third-order valence-corrected chi connectivity index (χ3v) is 3.63. The zero-order valence-corrected chi connectivity index (χ0v) is 13.6. The number of nitrogens with zero attached hydrogens (tertiary/aromatic N) is 4. The van der Waals surface area contributed by atoms with Crippen molar-refractivity contribution >= 4 is 17.6 Å². The number of aryl methyl sites for hydroxylation is 1. The second-order valence-electron chi connectivity index (χ2n) is 5.28. The van der Waals surface area contributed by atoms with Gasteiger partial charge in [0.2, 0.25) is 0 Å². The molecule has 0 saturated heterocycles. The molecule has 3 aromatic rings. The normalized spacial score (nSPS) is 10.3. The summed E-state index contributed by atoms with van der Waals surface area (Å²) in [6.45, 7) is 1.84. The van der Waals surface area contributed by atoms with Crippen LogP contribution in [-0.4, -0.2) is 39.2 Å². The zero-order valence-electron chi connectivity index (χ0n) is 13.6. The molecule has 2 aromatic carbocycles. The number of nitrogens with one attached hydrogen (secondary N) is 1. The van der Waals surface area contributed by atoms with Crippen molar-refractivity contribution in [3.63, 3.8) is 0 Å². The number of amides is 1. The molecule has 0 radical (unpaired) electrons. The van der Waals surface area contributed by atoms with Crippen LogP contribution in [0.5, 0.6) is 0 Å². The van der Waals surface area contributed by atoms with E-state index in [-0.39, 0.29) is 5.91 Å². The highest BCUT2D eigenvalue weighted by atomic mass is 16.5. The molecular formula is C17H15N5O3. The van der Waals surface area contributed by atoms with E-state index in [9.17, 15) is 9.59 Å². The van der Waals surface area contributed by atoms with E-state index in [2.05, 4.69) is 20.8 Å². The Hall–Kier alpha value is -3.55. The number of ether oxygens (including phenoxy) is 1. The number of aromatic nitrogens is 4. The third-order valence-electron chi connectivity index (χ3n) is 3.63. The molecule has 0 bridgehead atoms. The monoisotopic (exact) mass is 337 g/mol. The van der Waals surface area contributed by atoms with Crippen molar-refractivity contribution < 1.29 is 14.3 Å². The Bertz CT molecular complexity index is 922. The molecule has 0 aliphatic heterocycles. The summed E-state index contributed by atoms with van der Waals surface area (Å²) in [5.41, 5.74) is 2.85. The molecule has 0 aliphatic carbocycles. The fourth-order valence-corrected chi connectivity index (χ4v) is 2.27. The summed E-state index contributed by atoms with van der Waals surface area (Å²) < 4.78 is 6.16. The Morgan fingerprint density at radius 1 is 1.12 bits per heavy atom. The molecule has 1 amide bonds. The summed E-state index contributed by atoms with van der Waals surface area (Å²) in [5.74, 6) is -0.767. The first-order valence-electron chi connectivity index (χ1n) is 7.42. The van der Waals surface area contributed by atoms with Crippen molar-refractivity contribution in [1.82, 2.24) is 20.2 Å². The van der Waals surface area contributed by atoms with Gasteiger partial charge in [-0.05, 0) is 53.2 Å². The number of hydrogen-bond acceptors (Lipinski definition) is 6. The van der Waals surface area contributed by atoms with Crippen LogP contribution in [0.1, 0.15) is 26.3 Å². The number of benzene rings is 2. The van der Waals surface area contributed by atoms with Gasteiger partial charge in [0, 0.05) is 11.3 Å². The minimum absolute atomic E-state index is 0.306. The lowest BCUT2D eigenvalue weighted by atomic mass is 10.1. The molecule has 0 saturated carbocycles. The van der Waals surface area contributed by atoms with E-state index in [0.717, 1.165) is 5.56 Å². The minimum atomic E-state index is -0.462. The second kappa shape index (κ2) is 6.91. The summed E-state index contributed by atoms with van der Waals surface area (Å²) in [7, 11) is 1.31. The second-order valence-corrected chi connectivity index (χ2v) is 5.28. The Labute approximate surface area is 143 Å². The van der Waals surface area contributed by atoms with E-state index in [4.69, 9.17) is 4.74 Å². The zero-order chi connectivity index (χ0) is 17.8. The number of anilines is 1. The first-order chi connectivity index (χ1) is 12.1. The fraction of sp³-hybridized carbons (Fsp3) is 0.118. The molecule has 126 valence electrons. The van der Waals surface area contributed by atoms with Gasteiger partial charge in [-0.2, -0.15) is 0 Å². The number of tetrazole rings is 1. The SMILES string of the molecule is COC(=O)c1ccc(C)c(NC(=O)c2cccc(-n3cnnn3)c2)c1. The molecule has 0 unspecified atom stereocenters. The predicted octanol–water partition coefficient (Wildman–Crippen LogP) is 2.01. The molecule has 0 aliphatic rings. The lowest BCUT2D eigenvalue weighted by Gasteiger charge is -2.10. The van der Waals surface area contributed by atoms with E-state index in [0.29, 0.717) is 22.5 Å². The van der Waals surface area contributed by atoms with E-state index >= 15 is 0 Å². The van der Waals surface area contributed by atoms with Crippen molar-refractivity contribution in [2.75, 3.05) is 12.4 Å². The summed E-state index contributed by atoms with van der Waals surface area (Å²) in [4.78, 5) is 24.2. The predicted molar refractivity (Wildman–Crippen MR) is 89.6 cm³/mol. The molecular weight excluding hydrogens is 322 g/mol. The van der Waals surface area contributed by atoms with Gasteiger partial charge < -0.3 is 10.1 Å². The molecule has 8 nitrogen and oxygen atoms in total. The molecule has 0 atom stereocenters. The largest absolute Gasteiger partial charge is 0.465 e. The van der Waals surface area contributed by atoms with Gasteiger partial charge in [0.25, 0.3) is 5.91 Å². The van der Waals surface area contributed by atoms with Crippen LogP contribution in [-0.2, 0) is 4.74 Å². The van der Waals surface area contributed by atoms with E-state index in [1.807, 2.05) is 6.92 Å². The Balaban J connectivity index is 1.85. The maximum Gasteiger partial charge on any atom is 0.337 e. The highest BCUT2D eigenvalue weighted by molar-refractivity contribution is 6.05. The van der Waals surface area contributed by atoms with Crippen LogP contribution in [0.2, 0.25) is 0 Å². The van der Waals surface area contributed by atoms with Gasteiger partial charge in [-0.1, -0.05) is 12.1 Å². The Morgan fingerprint density at radius 2 is 1.96 bits per heavy atom. The number of carbonyl (C=O) groups is 2. The van der Waals surface area contributed by atoms with Crippen LogP contribution in [0.25, 0.3) is 5.69 Å². The summed E-state index contributed by atoms with van der Waals surface area (Å²) in [5, 5.41) is 13.8. The van der Waals surface area contributed by atoms with Crippen molar-refractivity contribution in [2.45, 2.75) is 6.92 Å². The van der Waals surface area contributed by atoms with E-state index < -0.39 is 5.97 Å². The van der Waals surface area contributed by atoms with Crippen LogP contribution in [0.3, 0.4) is 0 Å². The van der Waals surface area contributed by atoms with Crippen LogP contribution in [0.4, 0.5) is 5.69 Å². The van der Waals surface area contributed by atoms with Crippen molar-refractivity contribution in [3.8, 4) is 5.69 Å². The minimum Gasteiger partial charge on any atom is -0.465 e. The number of esters is 1. The average Bonchev–Trinajstić information content (AvgIpc) is 3.17. The van der Waals surface area contributed by atoms with Crippen LogP contribution >= 0.6 is 0 Å². The molecule has 3 rings (SSSR count). The fourth-order valence-electron chi connectivity index (χ4n) is 2.27. The smallest absolute Gasteiger partial charge is 0.337 e. The first kappa shape index (κ1) is 16.3. The lowest BCUT2D eigenvalue weighted by molar-refractivity contribution is 0.0600. The molecule has 1 N–H and O–H groups in total. The third kappa shape index (κ3) is 3.52. The quantitative estimate of drug-likeness (QED) is 0.731. The van der Waals surface area contributed by atoms with Gasteiger partial charge in [-0.3, -0.25) is 4.79 Å². The molecule has 25 heavy (non-hydrogen) atoms. The van der Waals surface area contributed by atoms with Crippen LogP contribution in [0, 0.1) is 6.92 Å². The maximum absolute atomic E-state index is 12.6. The molecule has 1 aromatic heterocycles. The van der Waals surface area contributed by atoms with Crippen LogP contribution < -0.4 is 5.32 Å². The highest BCUT2D eigenvalue weighted by Crippen LogP contribution is 2.19. The van der Waals surface area contributed by atoms with Crippen molar-refractivity contribution in [3.05, 3.63) is 65.5 Å². The van der Waals surface area contributed by atoms with Gasteiger partial charge in [-0.15, -0.1) is 5.10 Å². The maximum atomic E-state index is 12.6. The topological polar surface area (TPSA) is 99.0 Å². The number of carbonyl (C=O) groups excluding carboxylic acids is 2. The number of methoxy groups -OCH3 is 1. The van der Waals surface area contributed by atoms with Crippen molar-refractivity contribution in [2.24, 2.45) is 0 Å². The van der Waals surface area contributed by atoms with Gasteiger partial charge >= 0.3 is 5.97 Å². The van der Waals surface area contributed by atoms with E-state index in [1.54, 1.807) is 42.5 Å². The summed E-state index contributed by atoms with van der Waals surface area (Å²) >= 11 is 0. The first-order valence-corrected chi connectivity index (χ1v) is 7.42. The number of hydrogen-bond donors (Lipinski definition) is 1.